The number of nitrogens with one attached hydrogen (secondary N) is 1. The number of amides is 1. The number of carboxylic acid groups (broad SMARTS) is 1. The maximum atomic E-state index is 13.1. The van der Waals surface area contributed by atoms with E-state index in [1.165, 1.54) is 18.2 Å². The molecule has 0 unspecified atom stereocenters. The SMILES string of the molecule is N[C@@H](CNC(=O)c1ccccc1F)C(=O)O. The minimum atomic E-state index is -1.23. The van der Waals surface area contributed by atoms with Crippen molar-refractivity contribution in [3.8, 4) is 0 Å². The molecule has 0 spiro atoms. The Kier molecular flexibility index (Phi) is 3.96. The fraction of sp³-hybridized carbons (Fsp3) is 0.200. The molecule has 16 heavy (non-hydrogen) atoms. The van der Waals surface area contributed by atoms with Crippen LogP contribution in [0.15, 0.2) is 24.3 Å². The zero-order valence-electron chi connectivity index (χ0n) is 8.31. The van der Waals surface area contributed by atoms with Crippen LogP contribution in [0, 0.1) is 5.82 Å². The molecule has 1 rings (SSSR count). The molecule has 6 heteroatoms. The Balaban J connectivity index is 2.60. The van der Waals surface area contributed by atoms with E-state index in [1.54, 1.807) is 0 Å². The zero-order chi connectivity index (χ0) is 12.1. The Labute approximate surface area is 91.1 Å². The molecule has 0 aliphatic rings. The van der Waals surface area contributed by atoms with Crippen molar-refractivity contribution >= 4 is 11.9 Å². The Morgan fingerprint density at radius 3 is 2.62 bits per heavy atom. The van der Waals surface area contributed by atoms with E-state index < -0.39 is 23.7 Å². The van der Waals surface area contributed by atoms with Crippen LogP contribution in [-0.4, -0.2) is 29.6 Å². The van der Waals surface area contributed by atoms with Crippen LogP contribution in [0.1, 0.15) is 10.4 Å². The Hall–Kier alpha value is -1.95. The highest BCUT2D eigenvalue weighted by Crippen LogP contribution is 2.05. The minimum Gasteiger partial charge on any atom is -0.480 e. The van der Waals surface area contributed by atoms with Crippen LogP contribution in [0.25, 0.3) is 0 Å². The van der Waals surface area contributed by atoms with Gasteiger partial charge in [-0.1, -0.05) is 12.1 Å². The normalized spacial score (nSPS) is 11.9. The first-order valence-corrected chi connectivity index (χ1v) is 4.53. The Morgan fingerprint density at radius 1 is 1.44 bits per heavy atom. The molecule has 0 fully saturated rings. The number of carbonyl (C=O) groups is 2. The molecule has 1 amide bonds. The molecule has 0 saturated carbocycles. The standard InChI is InChI=1S/C10H11FN2O3/c11-7-4-2-1-3-6(7)9(14)13-5-8(12)10(15)16/h1-4,8H,5,12H2,(H,13,14)(H,15,16)/t8-/m0/s1. The average molecular weight is 226 g/mol. The summed E-state index contributed by atoms with van der Waals surface area (Å²) in [4.78, 5) is 21.8. The van der Waals surface area contributed by atoms with E-state index in [0.29, 0.717) is 0 Å². The van der Waals surface area contributed by atoms with Gasteiger partial charge in [0.05, 0.1) is 5.56 Å². The molecule has 0 saturated heterocycles. The van der Waals surface area contributed by atoms with Crippen LogP contribution < -0.4 is 11.1 Å². The molecule has 1 aromatic carbocycles. The van der Waals surface area contributed by atoms with Gasteiger partial charge in [0.25, 0.3) is 5.91 Å². The van der Waals surface area contributed by atoms with Crippen molar-refractivity contribution in [3.05, 3.63) is 35.6 Å². The van der Waals surface area contributed by atoms with Gasteiger partial charge in [0.15, 0.2) is 0 Å². The molecule has 0 heterocycles. The summed E-state index contributed by atoms with van der Waals surface area (Å²) in [6.45, 7) is -0.248. The number of rotatable bonds is 4. The number of halogens is 1. The number of benzene rings is 1. The maximum Gasteiger partial charge on any atom is 0.322 e. The predicted octanol–water partition coefficient (Wildman–Crippen LogP) is -0.0326. The molecule has 1 aromatic rings. The van der Waals surface area contributed by atoms with Crippen molar-refractivity contribution < 1.29 is 19.1 Å². The van der Waals surface area contributed by atoms with Crippen molar-refractivity contribution in [2.75, 3.05) is 6.54 Å². The second-order valence-electron chi connectivity index (χ2n) is 3.13. The fourth-order valence-electron chi connectivity index (χ4n) is 1.03. The third-order valence-electron chi connectivity index (χ3n) is 1.92. The van der Waals surface area contributed by atoms with Gasteiger partial charge in [0.2, 0.25) is 0 Å². The topological polar surface area (TPSA) is 92.4 Å². The smallest absolute Gasteiger partial charge is 0.322 e. The van der Waals surface area contributed by atoms with Crippen LogP contribution in [0.5, 0.6) is 0 Å². The lowest BCUT2D eigenvalue weighted by Gasteiger charge is -2.08. The third kappa shape index (κ3) is 3.03. The van der Waals surface area contributed by atoms with Crippen molar-refractivity contribution in [1.82, 2.24) is 5.32 Å². The maximum absolute atomic E-state index is 13.1. The lowest BCUT2D eigenvalue weighted by molar-refractivity contribution is -0.138. The quantitative estimate of drug-likeness (QED) is 0.672. The molecule has 0 aromatic heterocycles. The minimum absolute atomic E-state index is 0.139. The number of hydrogen-bond donors (Lipinski definition) is 3. The van der Waals surface area contributed by atoms with E-state index in [-0.39, 0.29) is 12.1 Å². The number of hydrogen-bond acceptors (Lipinski definition) is 3. The molecule has 0 aliphatic heterocycles. The van der Waals surface area contributed by atoms with E-state index in [4.69, 9.17) is 10.8 Å². The van der Waals surface area contributed by atoms with Gasteiger partial charge < -0.3 is 16.2 Å². The monoisotopic (exact) mass is 226 g/mol. The van der Waals surface area contributed by atoms with E-state index in [9.17, 15) is 14.0 Å². The number of carbonyl (C=O) groups excluding carboxylic acids is 1. The van der Waals surface area contributed by atoms with Gasteiger partial charge in [-0.2, -0.15) is 0 Å². The lowest BCUT2D eigenvalue weighted by atomic mass is 10.2. The Bertz CT molecular complexity index is 409. The summed E-state index contributed by atoms with van der Waals surface area (Å²) in [5.41, 5.74) is 5.03. The average Bonchev–Trinajstić information content (AvgIpc) is 2.25. The highest BCUT2D eigenvalue weighted by molar-refractivity contribution is 5.94. The zero-order valence-corrected chi connectivity index (χ0v) is 8.31. The highest BCUT2D eigenvalue weighted by atomic mass is 19.1. The molecular weight excluding hydrogens is 215 g/mol. The molecular formula is C10H11FN2O3. The van der Waals surface area contributed by atoms with Gasteiger partial charge in [-0.15, -0.1) is 0 Å². The third-order valence-corrected chi connectivity index (χ3v) is 1.92. The molecule has 86 valence electrons. The van der Waals surface area contributed by atoms with Crippen molar-refractivity contribution in [2.45, 2.75) is 6.04 Å². The predicted molar refractivity (Wildman–Crippen MR) is 54.3 cm³/mol. The number of carboxylic acids is 1. The van der Waals surface area contributed by atoms with E-state index in [0.717, 1.165) is 6.07 Å². The summed E-state index contributed by atoms with van der Waals surface area (Å²) in [7, 11) is 0. The van der Waals surface area contributed by atoms with Crippen LogP contribution in [-0.2, 0) is 4.79 Å². The Morgan fingerprint density at radius 2 is 2.06 bits per heavy atom. The first-order chi connectivity index (χ1) is 7.52. The highest BCUT2D eigenvalue weighted by Gasteiger charge is 2.15. The molecule has 5 nitrogen and oxygen atoms in total. The van der Waals surface area contributed by atoms with Crippen LogP contribution in [0.3, 0.4) is 0 Å². The van der Waals surface area contributed by atoms with Crippen molar-refractivity contribution in [1.29, 1.82) is 0 Å². The van der Waals surface area contributed by atoms with E-state index >= 15 is 0 Å². The van der Waals surface area contributed by atoms with E-state index in [2.05, 4.69) is 5.32 Å². The first-order valence-electron chi connectivity index (χ1n) is 4.53. The van der Waals surface area contributed by atoms with Crippen molar-refractivity contribution in [3.63, 3.8) is 0 Å². The first kappa shape index (κ1) is 12.1. The van der Waals surface area contributed by atoms with Gasteiger partial charge in [-0.05, 0) is 12.1 Å². The van der Waals surface area contributed by atoms with Crippen LogP contribution >= 0.6 is 0 Å². The summed E-state index contributed by atoms with van der Waals surface area (Å²) in [5, 5.41) is 10.7. The van der Waals surface area contributed by atoms with Gasteiger partial charge in [-0.25, -0.2) is 4.39 Å². The van der Waals surface area contributed by atoms with Gasteiger partial charge in [0.1, 0.15) is 11.9 Å². The van der Waals surface area contributed by atoms with Crippen LogP contribution in [0.4, 0.5) is 4.39 Å². The van der Waals surface area contributed by atoms with Crippen LogP contribution in [0.2, 0.25) is 0 Å². The molecule has 0 radical (unpaired) electrons. The molecule has 1 atom stereocenters. The van der Waals surface area contributed by atoms with Gasteiger partial charge in [-0.3, -0.25) is 9.59 Å². The molecule has 0 bridgehead atoms. The summed E-state index contributed by atoms with van der Waals surface area (Å²) < 4.78 is 13.1. The summed E-state index contributed by atoms with van der Waals surface area (Å²) in [6.07, 6.45) is 0. The second-order valence-corrected chi connectivity index (χ2v) is 3.13. The number of aliphatic carboxylic acids is 1. The molecule has 4 N–H and O–H groups in total. The summed E-state index contributed by atoms with van der Waals surface area (Å²) >= 11 is 0. The van der Waals surface area contributed by atoms with Gasteiger partial charge >= 0.3 is 5.97 Å². The largest absolute Gasteiger partial charge is 0.480 e. The van der Waals surface area contributed by atoms with E-state index in [1.807, 2.05) is 0 Å². The summed E-state index contributed by atoms with van der Waals surface area (Å²) in [6, 6.07) is 4.21. The van der Waals surface area contributed by atoms with Gasteiger partial charge in [0, 0.05) is 6.54 Å². The fourth-order valence-corrected chi connectivity index (χ4v) is 1.03. The van der Waals surface area contributed by atoms with Crippen molar-refractivity contribution in [2.24, 2.45) is 5.73 Å². The summed E-state index contributed by atoms with van der Waals surface area (Å²) in [5.74, 6) is -2.58. The second kappa shape index (κ2) is 5.22. The molecule has 0 aliphatic carbocycles. The number of nitrogens with two attached hydrogens (primary N) is 1. The lowest BCUT2D eigenvalue weighted by Crippen LogP contribution is -2.42.